The normalized spacial score (nSPS) is 25.1. The summed E-state index contributed by atoms with van der Waals surface area (Å²) in [6.07, 6.45) is 5.54. The fraction of sp³-hybridized carbons (Fsp3) is 0.440. The predicted molar refractivity (Wildman–Crippen MR) is 111 cm³/mol. The van der Waals surface area contributed by atoms with Crippen LogP contribution in [-0.2, 0) is 4.74 Å². The van der Waals surface area contributed by atoms with Crippen molar-refractivity contribution in [1.29, 1.82) is 5.26 Å². The number of nitrogens with zero attached hydrogens (tertiary/aromatic N) is 2. The van der Waals surface area contributed by atoms with Crippen LogP contribution in [0, 0.1) is 17.2 Å². The molecule has 29 heavy (non-hydrogen) atoms. The fourth-order valence-corrected chi connectivity index (χ4v) is 5.76. The summed E-state index contributed by atoms with van der Waals surface area (Å²) in [7, 11) is 0. The molecule has 0 aromatic heterocycles. The number of fused-ring (bicyclic) bond motifs is 5. The summed E-state index contributed by atoms with van der Waals surface area (Å²) in [5.74, 6) is 0.523. The SMILES string of the molecule is N#CCC1CC2CCCC(C1)N2C(=O)OCC1c2ccccc2-c2ccccc21. The Bertz CT molecular complexity index is 904. The Balaban J connectivity index is 1.32. The van der Waals surface area contributed by atoms with Crippen molar-refractivity contribution in [1.82, 2.24) is 4.90 Å². The molecule has 2 bridgehead atoms. The van der Waals surface area contributed by atoms with Gasteiger partial charge in [0.25, 0.3) is 0 Å². The molecule has 1 amide bonds. The average molecular weight is 386 g/mol. The van der Waals surface area contributed by atoms with Crippen LogP contribution >= 0.6 is 0 Å². The number of ether oxygens (including phenoxy) is 1. The van der Waals surface area contributed by atoms with Crippen LogP contribution in [0.1, 0.15) is 55.6 Å². The number of hydrogen-bond donors (Lipinski definition) is 0. The summed E-state index contributed by atoms with van der Waals surface area (Å²) in [6, 6.07) is 19.6. The van der Waals surface area contributed by atoms with Crippen LogP contribution in [0.2, 0.25) is 0 Å². The Hall–Kier alpha value is -2.80. The third kappa shape index (κ3) is 3.19. The molecule has 0 spiro atoms. The van der Waals surface area contributed by atoms with Gasteiger partial charge in [-0.05, 0) is 60.3 Å². The first kappa shape index (κ1) is 18.2. The van der Waals surface area contributed by atoms with Gasteiger partial charge in [-0.1, -0.05) is 48.5 Å². The van der Waals surface area contributed by atoms with Crippen molar-refractivity contribution in [3.63, 3.8) is 0 Å². The molecule has 2 saturated heterocycles. The highest BCUT2D eigenvalue weighted by Gasteiger charge is 2.42. The summed E-state index contributed by atoms with van der Waals surface area (Å²) in [5.41, 5.74) is 4.99. The van der Waals surface area contributed by atoms with E-state index in [0.29, 0.717) is 18.9 Å². The fourth-order valence-electron chi connectivity index (χ4n) is 5.76. The third-order valence-electron chi connectivity index (χ3n) is 7.00. The number of piperidine rings is 2. The highest BCUT2D eigenvalue weighted by molar-refractivity contribution is 5.79. The van der Waals surface area contributed by atoms with Gasteiger partial charge in [-0.2, -0.15) is 5.26 Å². The topological polar surface area (TPSA) is 53.3 Å². The molecule has 2 fully saturated rings. The van der Waals surface area contributed by atoms with Crippen molar-refractivity contribution in [2.24, 2.45) is 5.92 Å². The molecule has 4 nitrogen and oxygen atoms in total. The van der Waals surface area contributed by atoms with Gasteiger partial charge in [-0.25, -0.2) is 4.79 Å². The largest absolute Gasteiger partial charge is 0.448 e. The van der Waals surface area contributed by atoms with Gasteiger partial charge < -0.3 is 9.64 Å². The molecule has 0 N–H and O–H groups in total. The second kappa shape index (κ2) is 7.55. The maximum absolute atomic E-state index is 13.1. The zero-order valence-corrected chi connectivity index (χ0v) is 16.6. The van der Waals surface area contributed by atoms with Gasteiger partial charge in [0.05, 0.1) is 6.07 Å². The van der Waals surface area contributed by atoms with Crippen LogP contribution in [0.15, 0.2) is 48.5 Å². The molecule has 1 aliphatic carbocycles. The number of hydrogen-bond acceptors (Lipinski definition) is 3. The number of carbonyl (C=O) groups excluding carboxylic acids is 1. The lowest BCUT2D eigenvalue weighted by atomic mass is 9.77. The van der Waals surface area contributed by atoms with Crippen LogP contribution in [0.3, 0.4) is 0 Å². The molecule has 0 radical (unpaired) electrons. The second-order valence-corrected chi connectivity index (χ2v) is 8.65. The Morgan fingerprint density at radius 2 is 1.59 bits per heavy atom. The summed E-state index contributed by atoms with van der Waals surface area (Å²) in [6.45, 7) is 0.379. The van der Waals surface area contributed by atoms with Gasteiger partial charge in [-0.3, -0.25) is 0 Å². The number of nitriles is 1. The molecule has 5 rings (SSSR count). The van der Waals surface area contributed by atoms with E-state index in [1.807, 2.05) is 4.90 Å². The third-order valence-corrected chi connectivity index (χ3v) is 7.00. The van der Waals surface area contributed by atoms with Crippen LogP contribution in [0.5, 0.6) is 0 Å². The minimum absolute atomic E-state index is 0.0994. The lowest BCUT2D eigenvalue weighted by molar-refractivity contribution is 0.00585. The van der Waals surface area contributed by atoms with Crippen LogP contribution in [0.25, 0.3) is 11.1 Å². The standard InChI is InChI=1S/C25H26N2O2/c26-13-12-17-14-18-6-5-7-19(15-17)27(18)25(28)29-16-24-22-10-3-1-8-20(22)21-9-2-4-11-23(21)24/h1-4,8-11,17-19,24H,5-7,12,14-16H2. The number of amides is 1. The highest BCUT2D eigenvalue weighted by atomic mass is 16.6. The zero-order valence-electron chi connectivity index (χ0n) is 16.6. The molecule has 2 aromatic rings. The van der Waals surface area contributed by atoms with E-state index < -0.39 is 0 Å². The average Bonchev–Trinajstić information content (AvgIpc) is 3.05. The molecule has 3 aliphatic rings. The quantitative estimate of drug-likeness (QED) is 0.702. The number of rotatable bonds is 3. The van der Waals surface area contributed by atoms with Gasteiger partial charge in [-0.15, -0.1) is 0 Å². The first-order valence-electron chi connectivity index (χ1n) is 10.8. The van der Waals surface area contributed by atoms with E-state index in [0.717, 1.165) is 25.7 Å². The first-order chi connectivity index (χ1) is 14.3. The molecule has 2 aliphatic heterocycles. The molecular weight excluding hydrogens is 360 g/mol. The Kier molecular flexibility index (Phi) is 4.75. The zero-order chi connectivity index (χ0) is 19.8. The van der Waals surface area contributed by atoms with Crippen LogP contribution in [0.4, 0.5) is 4.79 Å². The molecule has 2 atom stereocenters. The van der Waals surface area contributed by atoms with Gasteiger partial charge in [0, 0.05) is 24.4 Å². The van der Waals surface area contributed by atoms with Crippen molar-refractivity contribution in [2.75, 3.05) is 6.61 Å². The monoisotopic (exact) mass is 386 g/mol. The first-order valence-corrected chi connectivity index (χ1v) is 10.8. The molecule has 4 heteroatoms. The molecular formula is C25H26N2O2. The van der Waals surface area contributed by atoms with E-state index in [1.165, 1.54) is 28.7 Å². The van der Waals surface area contributed by atoms with Gasteiger partial charge in [0.2, 0.25) is 0 Å². The van der Waals surface area contributed by atoms with Crippen LogP contribution < -0.4 is 0 Å². The minimum Gasteiger partial charge on any atom is -0.448 e. The van der Waals surface area contributed by atoms with E-state index in [1.54, 1.807) is 0 Å². The Labute approximate surface area is 172 Å². The predicted octanol–water partition coefficient (Wildman–Crippen LogP) is 5.48. The Morgan fingerprint density at radius 3 is 2.17 bits per heavy atom. The number of benzene rings is 2. The van der Waals surface area contributed by atoms with Gasteiger partial charge in [0.1, 0.15) is 6.61 Å². The molecule has 148 valence electrons. The van der Waals surface area contributed by atoms with E-state index in [9.17, 15) is 4.79 Å². The minimum atomic E-state index is -0.169. The van der Waals surface area contributed by atoms with Crippen molar-refractivity contribution in [2.45, 2.75) is 56.5 Å². The summed E-state index contributed by atoms with van der Waals surface area (Å²) in [5, 5.41) is 9.07. The van der Waals surface area contributed by atoms with E-state index in [2.05, 4.69) is 54.6 Å². The molecule has 2 aromatic carbocycles. The molecule has 2 heterocycles. The smallest absolute Gasteiger partial charge is 0.410 e. The summed E-state index contributed by atoms with van der Waals surface area (Å²) >= 11 is 0. The lowest BCUT2D eigenvalue weighted by Gasteiger charge is -2.47. The van der Waals surface area contributed by atoms with E-state index in [-0.39, 0.29) is 24.1 Å². The van der Waals surface area contributed by atoms with Gasteiger partial charge in [0.15, 0.2) is 0 Å². The van der Waals surface area contributed by atoms with Crippen molar-refractivity contribution >= 4 is 6.09 Å². The Morgan fingerprint density at radius 1 is 1.00 bits per heavy atom. The van der Waals surface area contributed by atoms with Crippen molar-refractivity contribution < 1.29 is 9.53 Å². The molecule has 0 saturated carbocycles. The lowest BCUT2D eigenvalue weighted by Crippen LogP contribution is -2.55. The van der Waals surface area contributed by atoms with Crippen LogP contribution in [-0.4, -0.2) is 29.7 Å². The summed E-state index contributed by atoms with van der Waals surface area (Å²) < 4.78 is 5.93. The van der Waals surface area contributed by atoms with Gasteiger partial charge >= 0.3 is 6.09 Å². The van der Waals surface area contributed by atoms with Crippen molar-refractivity contribution in [3.8, 4) is 17.2 Å². The van der Waals surface area contributed by atoms with E-state index in [4.69, 9.17) is 10.00 Å². The van der Waals surface area contributed by atoms with E-state index >= 15 is 0 Å². The maximum atomic E-state index is 13.1. The maximum Gasteiger partial charge on any atom is 0.410 e. The molecule has 2 unspecified atom stereocenters. The highest BCUT2D eigenvalue weighted by Crippen LogP contribution is 2.45. The van der Waals surface area contributed by atoms with Crippen molar-refractivity contribution in [3.05, 3.63) is 59.7 Å². The second-order valence-electron chi connectivity index (χ2n) is 8.65. The number of carbonyl (C=O) groups is 1. The summed E-state index contributed by atoms with van der Waals surface area (Å²) in [4.78, 5) is 15.1.